The van der Waals surface area contributed by atoms with Crippen molar-refractivity contribution in [2.45, 2.75) is 6.92 Å². The number of imidazole rings is 1. The van der Waals surface area contributed by atoms with E-state index < -0.39 is 0 Å². The zero-order valence-electron chi connectivity index (χ0n) is 16.8. The molecule has 5 heterocycles. The second kappa shape index (κ2) is 6.60. The highest BCUT2D eigenvalue weighted by atomic mass is 16.5. The predicted molar refractivity (Wildman–Crippen MR) is 115 cm³/mol. The molecular weight excluding hydrogens is 394 g/mol. The second-order valence-electron chi connectivity index (χ2n) is 7.18. The van der Waals surface area contributed by atoms with Gasteiger partial charge in [0, 0.05) is 28.4 Å². The number of benzene rings is 1. The number of ether oxygens (including phenoxy) is 1. The molecule has 0 unspecified atom stereocenters. The Labute approximate surface area is 176 Å². The van der Waals surface area contributed by atoms with E-state index >= 15 is 0 Å². The third-order valence-corrected chi connectivity index (χ3v) is 5.35. The molecule has 6 rings (SSSR count). The molecule has 6 aromatic rings. The maximum absolute atomic E-state index is 5.71. The highest BCUT2D eigenvalue weighted by Gasteiger charge is 2.22. The van der Waals surface area contributed by atoms with E-state index in [0.29, 0.717) is 23.0 Å². The number of aryl methyl sites for hydroxylation is 1. The van der Waals surface area contributed by atoms with Crippen LogP contribution in [0.3, 0.4) is 0 Å². The lowest BCUT2D eigenvalue weighted by Gasteiger charge is -2.06. The zero-order chi connectivity index (χ0) is 20.9. The Bertz CT molecular complexity index is 1530. The minimum Gasteiger partial charge on any atom is -0.497 e. The smallest absolute Gasteiger partial charge is 0.254 e. The van der Waals surface area contributed by atoms with E-state index in [1.165, 1.54) is 0 Å². The topological polar surface area (TPSA) is 94.4 Å². The summed E-state index contributed by atoms with van der Waals surface area (Å²) in [5.74, 6) is 2.50. The summed E-state index contributed by atoms with van der Waals surface area (Å²) in [5.41, 5.74) is 5.08. The van der Waals surface area contributed by atoms with E-state index in [-0.39, 0.29) is 0 Å². The molecule has 0 bridgehead atoms. The Morgan fingerprint density at radius 2 is 1.81 bits per heavy atom. The summed E-state index contributed by atoms with van der Waals surface area (Å²) in [6, 6.07) is 13.3. The molecule has 0 aliphatic carbocycles. The van der Waals surface area contributed by atoms with Gasteiger partial charge in [0.25, 0.3) is 5.78 Å². The molecule has 8 heteroatoms. The van der Waals surface area contributed by atoms with Crippen LogP contribution in [0.25, 0.3) is 50.8 Å². The maximum Gasteiger partial charge on any atom is 0.254 e. The molecule has 0 atom stereocenters. The van der Waals surface area contributed by atoms with Crippen LogP contribution in [0.15, 0.2) is 70.0 Å². The molecule has 31 heavy (non-hydrogen) atoms. The van der Waals surface area contributed by atoms with Crippen molar-refractivity contribution in [2.24, 2.45) is 0 Å². The van der Waals surface area contributed by atoms with Gasteiger partial charge < -0.3 is 18.6 Å². The fraction of sp³-hybridized carbons (Fsp3) is 0.0870. The number of aromatic amines is 1. The van der Waals surface area contributed by atoms with Crippen molar-refractivity contribution in [1.29, 1.82) is 0 Å². The lowest BCUT2D eigenvalue weighted by molar-refractivity contribution is 0.415. The third kappa shape index (κ3) is 2.65. The van der Waals surface area contributed by atoms with Gasteiger partial charge in [0.2, 0.25) is 0 Å². The van der Waals surface area contributed by atoms with E-state index in [9.17, 15) is 0 Å². The minimum atomic E-state index is 0.466. The van der Waals surface area contributed by atoms with Crippen LogP contribution in [-0.4, -0.2) is 31.7 Å². The Kier molecular flexibility index (Phi) is 3.73. The van der Waals surface area contributed by atoms with Gasteiger partial charge in [0.05, 0.1) is 25.3 Å². The fourth-order valence-corrected chi connectivity index (χ4v) is 3.97. The van der Waals surface area contributed by atoms with Crippen molar-refractivity contribution < 1.29 is 13.6 Å². The first-order chi connectivity index (χ1) is 15.2. The molecule has 0 spiro atoms. The molecule has 0 aliphatic heterocycles. The number of methoxy groups -OCH3 is 1. The van der Waals surface area contributed by atoms with Gasteiger partial charge in [0.1, 0.15) is 11.4 Å². The number of rotatable bonds is 4. The van der Waals surface area contributed by atoms with Gasteiger partial charge in [0.15, 0.2) is 17.2 Å². The minimum absolute atomic E-state index is 0.466. The Morgan fingerprint density at radius 3 is 2.55 bits per heavy atom. The van der Waals surface area contributed by atoms with Crippen LogP contribution in [0.2, 0.25) is 0 Å². The molecular formula is C23H17N5O3. The normalized spacial score (nSPS) is 11.5. The van der Waals surface area contributed by atoms with Crippen LogP contribution in [0.4, 0.5) is 0 Å². The Morgan fingerprint density at radius 1 is 1.00 bits per heavy atom. The average molecular weight is 411 g/mol. The lowest BCUT2D eigenvalue weighted by Crippen LogP contribution is -2.00. The molecule has 5 aromatic heterocycles. The van der Waals surface area contributed by atoms with Gasteiger partial charge in [-0.2, -0.15) is 0 Å². The van der Waals surface area contributed by atoms with Crippen LogP contribution in [0.1, 0.15) is 5.69 Å². The quantitative estimate of drug-likeness (QED) is 0.433. The summed E-state index contributed by atoms with van der Waals surface area (Å²) in [5, 5.41) is 9.77. The summed E-state index contributed by atoms with van der Waals surface area (Å²) in [7, 11) is 1.66. The van der Waals surface area contributed by atoms with Crippen molar-refractivity contribution in [3.05, 3.63) is 66.9 Å². The number of hydrogen-bond acceptors (Lipinski definition) is 6. The molecule has 0 radical (unpaired) electrons. The van der Waals surface area contributed by atoms with Crippen molar-refractivity contribution in [3.8, 4) is 39.9 Å². The number of fused-ring (bicyclic) bond motifs is 2. The number of H-pyrrole nitrogens is 1. The number of nitrogens with one attached hydrogen (secondary N) is 1. The SMILES string of the molecule is COc1ccc2[nH]c(C)c(-c3cn4c(-c5ccco5)c(-c5ccco5)nnc4n3)c2c1. The molecule has 0 fully saturated rings. The van der Waals surface area contributed by atoms with Gasteiger partial charge in [-0.15, -0.1) is 10.2 Å². The monoisotopic (exact) mass is 411 g/mol. The average Bonchev–Trinajstić information content (AvgIpc) is 3.58. The first-order valence-corrected chi connectivity index (χ1v) is 9.73. The van der Waals surface area contributed by atoms with Gasteiger partial charge in [-0.25, -0.2) is 4.98 Å². The molecule has 1 aromatic carbocycles. The largest absolute Gasteiger partial charge is 0.497 e. The number of furan rings is 2. The molecule has 0 saturated carbocycles. The van der Waals surface area contributed by atoms with E-state index in [1.807, 2.05) is 60.0 Å². The Balaban J connectivity index is 1.64. The lowest BCUT2D eigenvalue weighted by atomic mass is 10.1. The predicted octanol–water partition coefficient (Wildman–Crippen LogP) is 5.11. The van der Waals surface area contributed by atoms with Gasteiger partial charge in [-0.05, 0) is 49.4 Å². The van der Waals surface area contributed by atoms with E-state index in [4.69, 9.17) is 18.6 Å². The van der Waals surface area contributed by atoms with Crippen LogP contribution >= 0.6 is 0 Å². The third-order valence-electron chi connectivity index (χ3n) is 5.35. The number of hydrogen-bond donors (Lipinski definition) is 1. The maximum atomic E-state index is 5.71. The van der Waals surface area contributed by atoms with E-state index in [1.54, 1.807) is 19.6 Å². The summed E-state index contributed by atoms with van der Waals surface area (Å²) in [4.78, 5) is 8.19. The summed E-state index contributed by atoms with van der Waals surface area (Å²) < 4.78 is 18.6. The van der Waals surface area contributed by atoms with Gasteiger partial charge in [-0.1, -0.05) is 0 Å². The summed E-state index contributed by atoms with van der Waals surface area (Å²) in [6.45, 7) is 2.03. The van der Waals surface area contributed by atoms with Crippen molar-refractivity contribution in [3.63, 3.8) is 0 Å². The van der Waals surface area contributed by atoms with E-state index in [2.05, 4.69) is 15.2 Å². The summed E-state index contributed by atoms with van der Waals surface area (Å²) in [6.07, 6.45) is 5.18. The highest BCUT2D eigenvalue weighted by Crippen LogP contribution is 2.36. The van der Waals surface area contributed by atoms with Crippen LogP contribution < -0.4 is 4.74 Å². The number of aromatic nitrogens is 5. The number of nitrogens with zero attached hydrogens (tertiary/aromatic N) is 4. The van der Waals surface area contributed by atoms with Crippen molar-refractivity contribution in [2.75, 3.05) is 7.11 Å². The van der Waals surface area contributed by atoms with Gasteiger partial charge in [-0.3, -0.25) is 4.40 Å². The van der Waals surface area contributed by atoms with Gasteiger partial charge >= 0.3 is 0 Å². The van der Waals surface area contributed by atoms with Crippen molar-refractivity contribution in [1.82, 2.24) is 24.6 Å². The van der Waals surface area contributed by atoms with Crippen LogP contribution in [0, 0.1) is 6.92 Å². The standard InChI is InChI=1S/C23H17N5O3/c1-13-20(15-11-14(29-2)7-8-16(15)24-13)17-12-28-22(19-6-4-10-31-19)21(18-5-3-9-30-18)26-27-23(28)25-17/h3-12,24H,1-2H3. The molecule has 0 amide bonds. The first kappa shape index (κ1) is 17.5. The molecule has 0 saturated heterocycles. The first-order valence-electron chi connectivity index (χ1n) is 9.73. The molecule has 8 nitrogen and oxygen atoms in total. The zero-order valence-corrected chi connectivity index (χ0v) is 16.8. The highest BCUT2D eigenvalue weighted by molar-refractivity contribution is 5.97. The Hall–Kier alpha value is -4.33. The molecule has 0 aliphatic rings. The second-order valence-corrected chi connectivity index (χ2v) is 7.18. The van der Waals surface area contributed by atoms with Crippen LogP contribution in [0.5, 0.6) is 5.75 Å². The van der Waals surface area contributed by atoms with Crippen LogP contribution in [-0.2, 0) is 0 Å². The fourth-order valence-electron chi connectivity index (χ4n) is 3.97. The van der Waals surface area contributed by atoms with Crippen molar-refractivity contribution >= 4 is 16.7 Å². The summed E-state index contributed by atoms with van der Waals surface area (Å²) >= 11 is 0. The molecule has 1 N–H and O–H groups in total. The van der Waals surface area contributed by atoms with E-state index in [0.717, 1.165) is 39.3 Å². The molecule has 152 valence electrons.